The Morgan fingerprint density at radius 1 is 1.03 bits per heavy atom. The smallest absolute Gasteiger partial charge is 0.260 e. The van der Waals surface area contributed by atoms with E-state index in [4.69, 9.17) is 9.47 Å². The number of hydrogen-bond acceptors (Lipinski definition) is 4. The van der Waals surface area contributed by atoms with Crippen LogP contribution in [0.4, 0.5) is 0 Å². The molecule has 1 aliphatic heterocycles. The Balaban J connectivity index is 1.44. The summed E-state index contributed by atoms with van der Waals surface area (Å²) in [7, 11) is 0. The van der Waals surface area contributed by atoms with Crippen LogP contribution in [0.3, 0.4) is 0 Å². The lowest BCUT2D eigenvalue weighted by atomic mass is 10.0. The molecule has 1 heterocycles. The zero-order chi connectivity index (χ0) is 21.5. The monoisotopic (exact) mass is 410 g/mol. The van der Waals surface area contributed by atoms with Crippen LogP contribution in [0.1, 0.15) is 41.3 Å². The molecule has 1 fully saturated rings. The highest BCUT2D eigenvalue weighted by Gasteiger charge is 2.24. The van der Waals surface area contributed by atoms with Crippen LogP contribution in [0.5, 0.6) is 11.5 Å². The van der Waals surface area contributed by atoms with Gasteiger partial charge in [-0.15, -0.1) is 0 Å². The third-order valence-corrected chi connectivity index (χ3v) is 5.52. The highest BCUT2D eigenvalue weighted by molar-refractivity contribution is 5.94. The van der Waals surface area contributed by atoms with Crippen LogP contribution in [0.25, 0.3) is 0 Å². The number of nitrogens with one attached hydrogen (secondary N) is 1. The third kappa shape index (κ3) is 5.53. The number of carbonyl (C=O) groups is 2. The molecule has 2 aromatic carbocycles. The van der Waals surface area contributed by atoms with Crippen molar-refractivity contribution in [1.82, 2.24) is 10.2 Å². The van der Waals surface area contributed by atoms with E-state index in [-0.39, 0.29) is 24.5 Å². The van der Waals surface area contributed by atoms with Gasteiger partial charge in [0.15, 0.2) is 6.61 Å². The average molecular weight is 411 g/mol. The summed E-state index contributed by atoms with van der Waals surface area (Å²) in [6, 6.07) is 13.0. The molecule has 6 heteroatoms. The van der Waals surface area contributed by atoms with Gasteiger partial charge in [-0.2, -0.15) is 0 Å². The first-order valence-corrected chi connectivity index (χ1v) is 10.5. The highest BCUT2D eigenvalue weighted by atomic mass is 16.5. The summed E-state index contributed by atoms with van der Waals surface area (Å²) in [4.78, 5) is 26.8. The zero-order valence-electron chi connectivity index (χ0n) is 17.9. The Morgan fingerprint density at radius 3 is 2.40 bits per heavy atom. The van der Waals surface area contributed by atoms with Gasteiger partial charge in [0.2, 0.25) is 0 Å². The van der Waals surface area contributed by atoms with Gasteiger partial charge in [0.25, 0.3) is 11.8 Å². The minimum absolute atomic E-state index is 0.0211. The number of amides is 2. The first kappa shape index (κ1) is 21.7. The molecule has 2 amide bonds. The van der Waals surface area contributed by atoms with Crippen LogP contribution in [0.2, 0.25) is 0 Å². The van der Waals surface area contributed by atoms with Crippen LogP contribution in [0.15, 0.2) is 42.5 Å². The van der Waals surface area contributed by atoms with Crippen LogP contribution >= 0.6 is 0 Å². The van der Waals surface area contributed by atoms with E-state index < -0.39 is 0 Å². The number of piperidine rings is 1. The number of carbonyl (C=O) groups excluding carboxylic acids is 2. The predicted octanol–water partition coefficient (Wildman–Crippen LogP) is 3.50. The van der Waals surface area contributed by atoms with Crippen molar-refractivity contribution >= 4 is 11.8 Å². The standard InChI is InChI=1S/C24H30N2O4/c1-4-29-21-10-8-19(9-11-21)24(28)25-20-12-14-26(15-13-20)23(27)16-30-22-7-5-6-17(2)18(22)3/h5-11,20H,4,12-16H2,1-3H3,(H,25,28). The van der Waals surface area contributed by atoms with E-state index in [0.717, 1.165) is 35.5 Å². The van der Waals surface area contributed by atoms with Crippen molar-refractivity contribution < 1.29 is 19.1 Å². The van der Waals surface area contributed by atoms with Crippen molar-refractivity contribution in [3.05, 3.63) is 59.2 Å². The van der Waals surface area contributed by atoms with Gasteiger partial charge in [-0.1, -0.05) is 12.1 Å². The molecule has 0 bridgehead atoms. The molecule has 0 atom stereocenters. The Morgan fingerprint density at radius 2 is 1.73 bits per heavy atom. The molecule has 1 saturated heterocycles. The Kier molecular flexibility index (Phi) is 7.33. The summed E-state index contributed by atoms with van der Waals surface area (Å²) in [5, 5.41) is 3.07. The first-order valence-electron chi connectivity index (χ1n) is 10.5. The summed E-state index contributed by atoms with van der Waals surface area (Å²) in [6.07, 6.45) is 1.47. The molecule has 6 nitrogen and oxygen atoms in total. The number of benzene rings is 2. The maximum absolute atomic E-state index is 12.5. The molecular weight excluding hydrogens is 380 g/mol. The maximum atomic E-state index is 12.5. The van der Waals surface area contributed by atoms with Gasteiger partial charge in [0, 0.05) is 24.7 Å². The van der Waals surface area contributed by atoms with Crippen LogP contribution in [0, 0.1) is 13.8 Å². The molecule has 160 valence electrons. The Labute approximate surface area is 178 Å². The molecular formula is C24H30N2O4. The molecule has 0 radical (unpaired) electrons. The van der Waals surface area contributed by atoms with Crippen LogP contribution in [-0.4, -0.2) is 49.1 Å². The summed E-state index contributed by atoms with van der Waals surface area (Å²) in [5.41, 5.74) is 2.81. The molecule has 30 heavy (non-hydrogen) atoms. The maximum Gasteiger partial charge on any atom is 0.260 e. The van der Waals surface area contributed by atoms with E-state index in [2.05, 4.69) is 5.32 Å². The SMILES string of the molecule is CCOc1ccc(C(=O)NC2CCN(C(=O)COc3cccc(C)c3C)CC2)cc1. The lowest BCUT2D eigenvalue weighted by Gasteiger charge is -2.32. The van der Waals surface area contributed by atoms with Crippen molar-refractivity contribution in [3.63, 3.8) is 0 Å². The predicted molar refractivity (Wildman–Crippen MR) is 116 cm³/mol. The number of likely N-dealkylation sites (tertiary alicyclic amines) is 1. The van der Waals surface area contributed by atoms with Gasteiger partial charge < -0.3 is 19.7 Å². The van der Waals surface area contributed by atoms with Gasteiger partial charge in [0.1, 0.15) is 11.5 Å². The molecule has 0 unspecified atom stereocenters. The fourth-order valence-electron chi connectivity index (χ4n) is 3.52. The Hall–Kier alpha value is -3.02. The second-order valence-electron chi connectivity index (χ2n) is 7.57. The lowest BCUT2D eigenvalue weighted by Crippen LogP contribution is -2.47. The summed E-state index contributed by atoms with van der Waals surface area (Å²) in [5.74, 6) is 1.39. The molecule has 0 saturated carbocycles. The second-order valence-corrected chi connectivity index (χ2v) is 7.57. The van der Waals surface area contributed by atoms with Crippen molar-refractivity contribution in [1.29, 1.82) is 0 Å². The zero-order valence-corrected chi connectivity index (χ0v) is 17.9. The van der Waals surface area contributed by atoms with Crippen LogP contribution < -0.4 is 14.8 Å². The van der Waals surface area contributed by atoms with Crippen molar-refractivity contribution in [3.8, 4) is 11.5 Å². The fraction of sp³-hybridized carbons (Fsp3) is 0.417. The molecule has 0 spiro atoms. The molecule has 0 aromatic heterocycles. The summed E-state index contributed by atoms with van der Waals surface area (Å²) >= 11 is 0. The van der Waals surface area contributed by atoms with E-state index in [1.54, 1.807) is 24.3 Å². The summed E-state index contributed by atoms with van der Waals surface area (Å²) < 4.78 is 11.1. The van der Waals surface area contributed by atoms with Gasteiger partial charge in [-0.05, 0) is 75.1 Å². The minimum atomic E-state index is -0.0962. The Bertz CT molecular complexity index is 871. The van der Waals surface area contributed by atoms with E-state index in [9.17, 15) is 9.59 Å². The van der Waals surface area contributed by atoms with Gasteiger partial charge in [-0.3, -0.25) is 9.59 Å². The number of ether oxygens (including phenoxy) is 2. The largest absolute Gasteiger partial charge is 0.494 e. The normalized spacial score (nSPS) is 14.3. The average Bonchev–Trinajstić information content (AvgIpc) is 2.76. The quantitative estimate of drug-likeness (QED) is 0.759. The van der Waals surface area contributed by atoms with Crippen molar-refractivity contribution in [2.75, 3.05) is 26.3 Å². The van der Waals surface area contributed by atoms with Gasteiger partial charge >= 0.3 is 0 Å². The van der Waals surface area contributed by atoms with Crippen molar-refractivity contribution in [2.24, 2.45) is 0 Å². The third-order valence-electron chi connectivity index (χ3n) is 5.52. The second kappa shape index (κ2) is 10.1. The van der Waals surface area contributed by atoms with Gasteiger partial charge in [0.05, 0.1) is 6.61 Å². The van der Waals surface area contributed by atoms with Gasteiger partial charge in [-0.25, -0.2) is 0 Å². The molecule has 1 aliphatic rings. The number of aryl methyl sites for hydroxylation is 1. The summed E-state index contributed by atoms with van der Waals surface area (Å²) in [6.45, 7) is 7.80. The number of hydrogen-bond donors (Lipinski definition) is 1. The highest BCUT2D eigenvalue weighted by Crippen LogP contribution is 2.21. The molecule has 0 aliphatic carbocycles. The van der Waals surface area contributed by atoms with Crippen molar-refractivity contribution in [2.45, 2.75) is 39.7 Å². The molecule has 1 N–H and O–H groups in total. The molecule has 3 rings (SSSR count). The van der Waals surface area contributed by atoms with E-state index in [1.807, 2.05) is 43.9 Å². The van der Waals surface area contributed by atoms with E-state index in [0.29, 0.717) is 25.3 Å². The number of nitrogens with zero attached hydrogens (tertiary/aromatic N) is 1. The fourth-order valence-corrected chi connectivity index (χ4v) is 3.52. The first-order chi connectivity index (χ1) is 14.5. The van der Waals surface area contributed by atoms with Crippen LogP contribution in [-0.2, 0) is 4.79 Å². The number of rotatable bonds is 7. The lowest BCUT2D eigenvalue weighted by molar-refractivity contribution is -0.134. The van der Waals surface area contributed by atoms with E-state index >= 15 is 0 Å². The topological polar surface area (TPSA) is 67.9 Å². The minimum Gasteiger partial charge on any atom is -0.494 e. The van der Waals surface area contributed by atoms with E-state index in [1.165, 1.54) is 0 Å². The molecule has 2 aromatic rings.